The quantitative estimate of drug-likeness (QED) is 0.341. The molecule has 3 aromatic rings. The van der Waals surface area contributed by atoms with Gasteiger partial charge in [-0.3, -0.25) is 9.69 Å². The lowest BCUT2D eigenvalue weighted by molar-refractivity contribution is -0.274. The van der Waals surface area contributed by atoms with E-state index in [1.165, 1.54) is 29.2 Å². The van der Waals surface area contributed by atoms with Crippen LogP contribution in [0.25, 0.3) is 11.3 Å². The Kier molecular flexibility index (Phi) is 7.89. The average Bonchev–Trinajstić information content (AvgIpc) is 3.29. The first kappa shape index (κ1) is 27.5. The first-order valence-corrected chi connectivity index (χ1v) is 14.3. The third-order valence-electron chi connectivity index (χ3n) is 6.72. The van der Waals surface area contributed by atoms with Gasteiger partial charge in [0, 0.05) is 50.2 Å². The molecule has 208 valence electrons. The molecule has 5 rings (SSSR count). The summed E-state index contributed by atoms with van der Waals surface area (Å²) in [5, 5.41) is 12.1. The number of aliphatic hydroxyl groups excluding tert-OH is 1. The standard InChI is InChI=1S/C25H27F3N6O3S2/c1-38-23-19-16(21(39-23)22(29)36)4-2-14-13-30-24(32-20(14)19)31-17-12-15(3-5-18(17)37-25(26,27)28)34-8-6-33(7-9-34)10-11-35/h3,5,12-13,35H,2,4,6-11H2,1H3,(H2,29,36)(H,30,31,32). The van der Waals surface area contributed by atoms with Crippen LogP contribution < -0.4 is 20.7 Å². The van der Waals surface area contributed by atoms with Gasteiger partial charge >= 0.3 is 6.36 Å². The van der Waals surface area contributed by atoms with E-state index in [1.54, 1.807) is 18.3 Å². The van der Waals surface area contributed by atoms with Crippen LogP contribution in [0.4, 0.5) is 30.5 Å². The van der Waals surface area contributed by atoms with E-state index in [2.05, 4.69) is 29.8 Å². The minimum absolute atomic E-state index is 0.0758. The number of nitrogens with zero attached hydrogens (tertiary/aromatic N) is 4. The zero-order valence-electron chi connectivity index (χ0n) is 21.0. The summed E-state index contributed by atoms with van der Waals surface area (Å²) >= 11 is 2.81. The van der Waals surface area contributed by atoms with Crippen molar-refractivity contribution in [3.63, 3.8) is 0 Å². The number of thioether (sulfide) groups is 1. The largest absolute Gasteiger partial charge is 0.573 e. The van der Waals surface area contributed by atoms with Crippen LogP contribution in [-0.2, 0) is 12.8 Å². The lowest BCUT2D eigenvalue weighted by atomic mass is 9.91. The predicted molar refractivity (Wildman–Crippen MR) is 145 cm³/mol. The summed E-state index contributed by atoms with van der Waals surface area (Å²) in [4.78, 5) is 25.8. The summed E-state index contributed by atoms with van der Waals surface area (Å²) in [6.45, 7) is 3.44. The van der Waals surface area contributed by atoms with Crippen molar-refractivity contribution < 1.29 is 27.8 Å². The van der Waals surface area contributed by atoms with E-state index in [4.69, 9.17) is 5.73 Å². The van der Waals surface area contributed by atoms with Crippen molar-refractivity contribution in [2.45, 2.75) is 23.4 Å². The Labute approximate surface area is 231 Å². The van der Waals surface area contributed by atoms with E-state index in [-0.39, 0.29) is 18.2 Å². The zero-order valence-corrected chi connectivity index (χ0v) is 22.7. The average molecular weight is 581 g/mol. The second kappa shape index (κ2) is 11.2. The zero-order chi connectivity index (χ0) is 27.7. The van der Waals surface area contributed by atoms with Gasteiger partial charge in [-0.2, -0.15) is 0 Å². The van der Waals surface area contributed by atoms with Gasteiger partial charge in [-0.15, -0.1) is 36.3 Å². The number of carbonyl (C=O) groups is 1. The highest BCUT2D eigenvalue weighted by atomic mass is 32.2. The highest BCUT2D eigenvalue weighted by Gasteiger charge is 2.33. The topological polar surface area (TPSA) is 117 Å². The number of piperazine rings is 1. The van der Waals surface area contributed by atoms with Crippen LogP contribution in [0.1, 0.15) is 20.8 Å². The molecule has 14 heteroatoms. The number of anilines is 3. The SMILES string of the molecule is CSc1sc(C(N)=O)c2c1-c1nc(Nc3cc(N4CCN(CCO)CC4)ccc3OC(F)(F)F)ncc1CC2. The maximum Gasteiger partial charge on any atom is 0.573 e. The van der Waals surface area contributed by atoms with Gasteiger partial charge in [-0.25, -0.2) is 9.97 Å². The molecule has 0 bridgehead atoms. The van der Waals surface area contributed by atoms with Gasteiger partial charge in [-0.05, 0) is 48.4 Å². The third-order valence-corrected chi connectivity index (χ3v) is 9.08. The number of thiophene rings is 1. The highest BCUT2D eigenvalue weighted by molar-refractivity contribution is 8.00. The first-order chi connectivity index (χ1) is 18.7. The molecule has 1 saturated heterocycles. The maximum absolute atomic E-state index is 13.2. The van der Waals surface area contributed by atoms with E-state index in [0.717, 1.165) is 39.7 Å². The summed E-state index contributed by atoms with van der Waals surface area (Å²) in [6, 6.07) is 4.47. The molecule has 1 aliphatic carbocycles. The van der Waals surface area contributed by atoms with Crippen LogP contribution in [0.3, 0.4) is 0 Å². The number of hydrogen-bond acceptors (Lipinski definition) is 10. The van der Waals surface area contributed by atoms with Crippen molar-refractivity contribution in [2.24, 2.45) is 5.73 Å². The second-order valence-electron chi connectivity index (χ2n) is 9.11. The fourth-order valence-corrected chi connectivity index (χ4v) is 6.85. The number of aliphatic hydroxyl groups is 1. The number of carbonyl (C=O) groups excluding carboxylic acids is 1. The minimum atomic E-state index is -4.88. The normalized spacial score (nSPS) is 15.6. The fraction of sp³-hybridized carbons (Fsp3) is 0.400. The minimum Gasteiger partial charge on any atom is -0.404 e. The van der Waals surface area contributed by atoms with Crippen molar-refractivity contribution in [1.82, 2.24) is 14.9 Å². The Morgan fingerprint density at radius 1 is 1.26 bits per heavy atom. The van der Waals surface area contributed by atoms with Gasteiger partial charge < -0.3 is 25.8 Å². The number of halogens is 3. The molecule has 1 aliphatic heterocycles. The summed E-state index contributed by atoms with van der Waals surface area (Å²) in [7, 11) is 0. The van der Waals surface area contributed by atoms with Crippen molar-refractivity contribution in [3.05, 3.63) is 40.4 Å². The smallest absolute Gasteiger partial charge is 0.404 e. The Balaban J connectivity index is 1.48. The Morgan fingerprint density at radius 2 is 2.03 bits per heavy atom. The molecule has 3 heterocycles. The first-order valence-electron chi connectivity index (χ1n) is 12.3. The molecule has 0 unspecified atom stereocenters. The molecular formula is C25H27F3N6O3S2. The van der Waals surface area contributed by atoms with Gasteiger partial charge in [0.15, 0.2) is 5.75 Å². The monoisotopic (exact) mass is 580 g/mol. The molecule has 1 fully saturated rings. The number of aryl methyl sites for hydroxylation is 1. The summed E-state index contributed by atoms with van der Waals surface area (Å²) in [5.74, 6) is -0.781. The number of nitrogens with two attached hydrogens (primary N) is 1. The Hall–Kier alpha value is -3.07. The van der Waals surface area contributed by atoms with E-state index in [9.17, 15) is 23.1 Å². The lowest BCUT2D eigenvalue weighted by Crippen LogP contribution is -2.47. The Bertz CT molecular complexity index is 1380. The molecule has 4 N–H and O–H groups in total. The molecule has 1 amide bonds. The van der Waals surface area contributed by atoms with Gasteiger partial charge in [0.05, 0.1) is 27.1 Å². The van der Waals surface area contributed by atoms with E-state index < -0.39 is 18.0 Å². The van der Waals surface area contributed by atoms with Crippen LogP contribution in [0.2, 0.25) is 0 Å². The number of primary amides is 1. The summed E-state index contributed by atoms with van der Waals surface area (Å²) < 4.78 is 44.8. The molecule has 0 radical (unpaired) electrons. The van der Waals surface area contributed by atoms with Crippen LogP contribution in [-0.4, -0.2) is 77.8 Å². The number of hydrogen-bond donors (Lipinski definition) is 3. The fourth-order valence-electron chi connectivity index (χ4n) is 4.91. The van der Waals surface area contributed by atoms with Gasteiger partial charge in [0.1, 0.15) is 0 Å². The number of benzene rings is 1. The van der Waals surface area contributed by atoms with E-state index >= 15 is 0 Å². The molecule has 2 aromatic heterocycles. The number of rotatable bonds is 8. The number of fused-ring (bicyclic) bond motifs is 3. The van der Waals surface area contributed by atoms with Crippen LogP contribution in [0, 0.1) is 0 Å². The molecule has 39 heavy (non-hydrogen) atoms. The molecule has 1 aromatic carbocycles. The summed E-state index contributed by atoms with van der Waals surface area (Å²) in [5.41, 5.74) is 9.61. The van der Waals surface area contributed by atoms with Crippen molar-refractivity contribution in [1.29, 1.82) is 0 Å². The molecule has 0 spiro atoms. The maximum atomic E-state index is 13.2. The van der Waals surface area contributed by atoms with Crippen LogP contribution >= 0.6 is 23.1 Å². The molecular weight excluding hydrogens is 553 g/mol. The van der Waals surface area contributed by atoms with Crippen molar-refractivity contribution in [2.75, 3.05) is 55.8 Å². The van der Waals surface area contributed by atoms with Crippen LogP contribution in [0.5, 0.6) is 5.75 Å². The van der Waals surface area contributed by atoms with E-state index in [1.807, 2.05) is 6.26 Å². The number of amides is 1. The van der Waals surface area contributed by atoms with Crippen LogP contribution in [0.15, 0.2) is 28.6 Å². The van der Waals surface area contributed by atoms with E-state index in [0.29, 0.717) is 43.0 Å². The van der Waals surface area contributed by atoms with Crippen molar-refractivity contribution >= 4 is 46.3 Å². The van der Waals surface area contributed by atoms with Crippen molar-refractivity contribution in [3.8, 4) is 17.0 Å². The third kappa shape index (κ3) is 5.93. The van der Waals surface area contributed by atoms with Gasteiger partial charge in [0.25, 0.3) is 5.91 Å². The highest BCUT2D eigenvalue weighted by Crippen LogP contribution is 2.46. The summed E-state index contributed by atoms with van der Waals surface area (Å²) in [6.07, 6.45) is -0.0671. The number of aromatic nitrogens is 2. The molecule has 9 nitrogen and oxygen atoms in total. The Morgan fingerprint density at radius 3 is 2.69 bits per heavy atom. The predicted octanol–water partition coefficient (Wildman–Crippen LogP) is 3.88. The lowest BCUT2D eigenvalue weighted by Gasteiger charge is -2.36. The second-order valence-corrected chi connectivity index (χ2v) is 11.2. The number of β-amino-alcohol motifs (C(OH)–C–C–N with tert-alkyl or cyclic N) is 1. The molecule has 0 atom stereocenters. The van der Waals surface area contributed by atoms with Gasteiger partial charge in [0.2, 0.25) is 5.95 Å². The van der Waals surface area contributed by atoms with Gasteiger partial charge in [-0.1, -0.05) is 0 Å². The number of alkyl halides is 3. The number of ether oxygens (including phenoxy) is 1. The number of nitrogens with one attached hydrogen (secondary N) is 1. The molecule has 2 aliphatic rings. The molecule has 0 saturated carbocycles.